The number of rotatable bonds is 5. The SMILES string of the molecule is CCCN1CCC[C@]2(CCN(Cc3noc(C4CCCC4)n3)C2)C1=O. The highest BCUT2D eigenvalue weighted by Crippen LogP contribution is 2.40. The number of piperidine rings is 1. The van der Waals surface area contributed by atoms with E-state index in [9.17, 15) is 4.79 Å². The van der Waals surface area contributed by atoms with Crippen molar-refractivity contribution < 1.29 is 9.32 Å². The lowest BCUT2D eigenvalue weighted by Crippen LogP contribution is -2.50. The summed E-state index contributed by atoms with van der Waals surface area (Å²) in [5.41, 5.74) is -0.161. The zero-order chi connectivity index (χ0) is 17.3. The van der Waals surface area contributed by atoms with Gasteiger partial charge in [-0.05, 0) is 45.1 Å². The molecule has 138 valence electrons. The Bertz CT molecular complexity index is 608. The van der Waals surface area contributed by atoms with Gasteiger partial charge in [0.15, 0.2) is 5.82 Å². The molecule has 1 amide bonds. The van der Waals surface area contributed by atoms with Crippen LogP contribution in [0.25, 0.3) is 0 Å². The van der Waals surface area contributed by atoms with Crippen molar-refractivity contribution in [2.45, 2.75) is 70.8 Å². The second-order valence-electron chi connectivity index (χ2n) is 8.17. The van der Waals surface area contributed by atoms with E-state index < -0.39 is 0 Å². The fraction of sp³-hybridized carbons (Fsp3) is 0.842. The third kappa shape index (κ3) is 3.33. The molecule has 2 aliphatic heterocycles. The van der Waals surface area contributed by atoms with E-state index in [1.807, 2.05) is 0 Å². The quantitative estimate of drug-likeness (QED) is 0.820. The molecule has 3 fully saturated rings. The van der Waals surface area contributed by atoms with Crippen LogP contribution in [0.3, 0.4) is 0 Å². The van der Waals surface area contributed by atoms with Gasteiger partial charge in [-0.2, -0.15) is 4.98 Å². The Morgan fingerprint density at radius 1 is 1.20 bits per heavy atom. The van der Waals surface area contributed by atoms with E-state index in [0.29, 0.717) is 18.4 Å². The van der Waals surface area contributed by atoms with Gasteiger partial charge in [-0.3, -0.25) is 9.69 Å². The van der Waals surface area contributed by atoms with E-state index in [4.69, 9.17) is 4.52 Å². The van der Waals surface area contributed by atoms with E-state index in [2.05, 4.69) is 26.9 Å². The van der Waals surface area contributed by atoms with Gasteiger partial charge < -0.3 is 9.42 Å². The highest BCUT2D eigenvalue weighted by Gasteiger charge is 2.48. The van der Waals surface area contributed by atoms with Crippen LogP contribution in [-0.4, -0.2) is 52.0 Å². The van der Waals surface area contributed by atoms with Gasteiger partial charge in [-0.25, -0.2) is 0 Å². The van der Waals surface area contributed by atoms with Crippen LogP contribution in [0.4, 0.5) is 0 Å². The third-order valence-electron chi connectivity index (χ3n) is 6.30. The molecule has 3 heterocycles. The maximum absolute atomic E-state index is 13.0. The number of hydrogen-bond acceptors (Lipinski definition) is 5. The number of carbonyl (C=O) groups is 1. The molecular weight excluding hydrogens is 316 g/mol. The minimum atomic E-state index is -0.161. The predicted octanol–water partition coefficient (Wildman–Crippen LogP) is 2.95. The van der Waals surface area contributed by atoms with Crippen LogP contribution in [0.15, 0.2) is 4.52 Å². The van der Waals surface area contributed by atoms with E-state index >= 15 is 0 Å². The van der Waals surface area contributed by atoms with Crippen molar-refractivity contribution in [3.8, 4) is 0 Å². The van der Waals surface area contributed by atoms with Crippen LogP contribution < -0.4 is 0 Å². The molecule has 1 aromatic rings. The molecule has 2 saturated heterocycles. The van der Waals surface area contributed by atoms with Crippen LogP contribution in [-0.2, 0) is 11.3 Å². The number of carbonyl (C=O) groups excluding carboxylic acids is 1. The smallest absolute Gasteiger partial charge is 0.230 e. The lowest BCUT2D eigenvalue weighted by Gasteiger charge is -2.39. The van der Waals surface area contributed by atoms with E-state index in [-0.39, 0.29) is 5.41 Å². The topological polar surface area (TPSA) is 62.5 Å². The Morgan fingerprint density at radius 2 is 2.04 bits per heavy atom. The van der Waals surface area contributed by atoms with Gasteiger partial charge in [0.25, 0.3) is 0 Å². The molecule has 1 spiro atoms. The van der Waals surface area contributed by atoms with Gasteiger partial charge in [-0.1, -0.05) is 24.9 Å². The maximum Gasteiger partial charge on any atom is 0.230 e. The van der Waals surface area contributed by atoms with Gasteiger partial charge in [0.2, 0.25) is 11.8 Å². The van der Waals surface area contributed by atoms with E-state index in [1.165, 1.54) is 25.7 Å². The molecule has 0 bridgehead atoms. The zero-order valence-corrected chi connectivity index (χ0v) is 15.4. The summed E-state index contributed by atoms with van der Waals surface area (Å²) in [6.45, 7) is 6.49. The summed E-state index contributed by atoms with van der Waals surface area (Å²) in [5.74, 6) is 2.45. The van der Waals surface area contributed by atoms with E-state index in [0.717, 1.165) is 63.6 Å². The van der Waals surface area contributed by atoms with Crippen LogP contribution in [0, 0.1) is 5.41 Å². The largest absolute Gasteiger partial charge is 0.342 e. The molecule has 1 atom stereocenters. The fourth-order valence-corrected chi connectivity index (χ4v) is 4.98. The molecule has 25 heavy (non-hydrogen) atoms. The first kappa shape index (κ1) is 17.0. The van der Waals surface area contributed by atoms with Crippen molar-refractivity contribution in [2.75, 3.05) is 26.2 Å². The number of nitrogens with zero attached hydrogens (tertiary/aromatic N) is 4. The molecule has 4 rings (SSSR count). The van der Waals surface area contributed by atoms with Crippen LogP contribution in [0.2, 0.25) is 0 Å². The Balaban J connectivity index is 1.38. The van der Waals surface area contributed by atoms with Crippen molar-refractivity contribution in [1.82, 2.24) is 19.9 Å². The minimum absolute atomic E-state index is 0.161. The van der Waals surface area contributed by atoms with Crippen LogP contribution >= 0.6 is 0 Å². The average Bonchev–Trinajstić information content (AvgIpc) is 3.34. The van der Waals surface area contributed by atoms with Gasteiger partial charge in [0.05, 0.1) is 12.0 Å². The Morgan fingerprint density at radius 3 is 2.84 bits per heavy atom. The molecule has 0 unspecified atom stereocenters. The number of aromatic nitrogens is 2. The molecule has 3 aliphatic rings. The summed E-state index contributed by atoms with van der Waals surface area (Å²) in [6.07, 6.45) is 9.07. The normalized spacial score (nSPS) is 28.5. The highest BCUT2D eigenvalue weighted by atomic mass is 16.5. The summed E-state index contributed by atoms with van der Waals surface area (Å²) < 4.78 is 5.50. The summed E-state index contributed by atoms with van der Waals surface area (Å²) in [6, 6.07) is 0. The molecule has 6 heteroatoms. The highest BCUT2D eigenvalue weighted by molar-refractivity contribution is 5.84. The molecule has 1 saturated carbocycles. The summed E-state index contributed by atoms with van der Waals surface area (Å²) in [7, 11) is 0. The first-order chi connectivity index (χ1) is 12.2. The molecule has 1 aliphatic carbocycles. The first-order valence-corrected chi connectivity index (χ1v) is 10.0. The molecular formula is C19H30N4O2. The van der Waals surface area contributed by atoms with Crippen molar-refractivity contribution in [3.05, 3.63) is 11.7 Å². The van der Waals surface area contributed by atoms with E-state index in [1.54, 1.807) is 0 Å². The molecule has 0 aromatic carbocycles. The van der Waals surface area contributed by atoms with Crippen LogP contribution in [0.5, 0.6) is 0 Å². The Kier molecular flexibility index (Phi) is 4.80. The van der Waals surface area contributed by atoms with Gasteiger partial charge >= 0.3 is 0 Å². The molecule has 0 radical (unpaired) electrons. The number of amides is 1. The van der Waals surface area contributed by atoms with Crippen molar-refractivity contribution in [3.63, 3.8) is 0 Å². The Hall–Kier alpha value is -1.43. The lowest BCUT2D eigenvalue weighted by molar-refractivity contribution is -0.145. The standard InChI is InChI=1S/C19H30N4O2/c1-2-10-23-11-5-8-19(18(23)24)9-12-22(14-19)13-16-20-17(25-21-16)15-6-3-4-7-15/h15H,2-14H2,1H3/t19-/m1/s1. The lowest BCUT2D eigenvalue weighted by atomic mass is 9.78. The summed E-state index contributed by atoms with van der Waals surface area (Å²) in [5, 5.41) is 4.20. The van der Waals surface area contributed by atoms with Crippen molar-refractivity contribution in [1.29, 1.82) is 0 Å². The molecule has 0 N–H and O–H groups in total. The summed E-state index contributed by atoms with van der Waals surface area (Å²) in [4.78, 5) is 22.0. The molecule has 1 aromatic heterocycles. The average molecular weight is 346 g/mol. The van der Waals surface area contributed by atoms with Gasteiger partial charge in [-0.15, -0.1) is 0 Å². The number of likely N-dealkylation sites (tertiary alicyclic amines) is 2. The second kappa shape index (κ2) is 7.06. The Labute approximate surface area is 149 Å². The first-order valence-electron chi connectivity index (χ1n) is 10.0. The second-order valence-corrected chi connectivity index (χ2v) is 8.17. The zero-order valence-electron chi connectivity index (χ0n) is 15.4. The van der Waals surface area contributed by atoms with Crippen molar-refractivity contribution >= 4 is 5.91 Å². The van der Waals surface area contributed by atoms with Gasteiger partial charge in [0.1, 0.15) is 0 Å². The maximum atomic E-state index is 13.0. The predicted molar refractivity (Wildman–Crippen MR) is 93.9 cm³/mol. The third-order valence-corrected chi connectivity index (χ3v) is 6.30. The molecule has 6 nitrogen and oxygen atoms in total. The minimum Gasteiger partial charge on any atom is -0.342 e. The number of hydrogen-bond donors (Lipinski definition) is 0. The van der Waals surface area contributed by atoms with Gasteiger partial charge in [0, 0.05) is 25.6 Å². The summed E-state index contributed by atoms with van der Waals surface area (Å²) >= 11 is 0. The van der Waals surface area contributed by atoms with Crippen molar-refractivity contribution in [2.24, 2.45) is 5.41 Å². The monoisotopic (exact) mass is 346 g/mol. The van der Waals surface area contributed by atoms with Crippen LogP contribution in [0.1, 0.15) is 75.9 Å². The fourth-order valence-electron chi connectivity index (χ4n) is 4.98.